The number of hydrogen-bond donors (Lipinski definition) is 1. The van der Waals surface area contributed by atoms with Crippen LogP contribution in [0.1, 0.15) is 19.1 Å². The van der Waals surface area contributed by atoms with E-state index in [-0.39, 0.29) is 0 Å². The molecule has 0 bridgehead atoms. The summed E-state index contributed by atoms with van der Waals surface area (Å²) in [6.07, 6.45) is 1.08. The summed E-state index contributed by atoms with van der Waals surface area (Å²) >= 11 is 6.12. The molecular formula is C14H14ClNO. The van der Waals surface area contributed by atoms with Crippen LogP contribution in [-0.4, -0.2) is 13.1 Å². The van der Waals surface area contributed by atoms with Crippen LogP contribution in [0.4, 0.5) is 0 Å². The van der Waals surface area contributed by atoms with Crippen molar-refractivity contribution >= 4 is 28.1 Å². The van der Waals surface area contributed by atoms with Crippen molar-refractivity contribution in [3.05, 3.63) is 40.6 Å². The molecule has 1 N–H and O–H groups in total. The van der Waals surface area contributed by atoms with Gasteiger partial charge < -0.3 is 9.73 Å². The van der Waals surface area contributed by atoms with Gasteiger partial charge in [0.15, 0.2) is 5.58 Å². The Morgan fingerprint density at radius 2 is 2.24 bits per heavy atom. The van der Waals surface area contributed by atoms with Crippen molar-refractivity contribution in [1.29, 1.82) is 0 Å². The highest BCUT2D eigenvalue weighted by atomic mass is 35.5. The maximum atomic E-state index is 6.12. The molecule has 2 nitrogen and oxygen atoms in total. The van der Waals surface area contributed by atoms with E-state index in [1.165, 1.54) is 11.1 Å². The quantitative estimate of drug-likeness (QED) is 0.828. The third-order valence-electron chi connectivity index (χ3n) is 3.29. The average Bonchev–Trinajstić information content (AvgIpc) is 2.75. The maximum absolute atomic E-state index is 6.12. The Morgan fingerprint density at radius 3 is 3.00 bits per heavy atom. The van der Waals surface area contributed by atoms with Crippen molar-refractivity contribution in [2.75, 3.05) is 13.1 Å². The summed E-state index contributed by atoms with van der Waals surface area (Å²) < 4.78 is 5.88. The molecule has 17 heavy (non-hydrogen) atoms. The molecular weight excluding hydrogens is 234 g/mol. The molecule has 88 valence electrons. The lowest BCUT2D eigenvalue weighted by molar-refractivity contribution is 0.587. The number of nitrogens with one attached hydrogen (secondary N) is 1. The van der Waals surface area contributed by atoms with Gasteiger partial charge in [0.25, 0.3) is 0 Å². The summed E-state index contributed by atoms with van der Waals surface area (Å²) in [5.41, 5.74) is 3.46. The van der Waals surface area contributed by atoms with Crippen LogP contribution in [0, 0.1) is 0 Å². The zero-order chi connectivity index (χ0) is 11.8. The summed E-state index contributed by atoms with van der Waals surface area (Å²) in [5, 5.41) is 5.12. The highest BCUT2D eigenvalue weighted by Gasteiger charge is 2.15. The zero-order valence-corrected chi connectivity index (χ0v) is 10.5. The predicted octanol–water partition coefficient (Wildman–Crippen LogP) is 3.85. The molecule has 0 fully saturated rings. The Labute approximate surface area is 105 Å². The Balaban J connectivity index is 2.15. The lowest BCUT2D eigenvalue weighted by atomic mass is 10.0. The fourth-order valence-corrected chi connectivity index (χ4v) is 2.49. The Morgan fingerprint density at radius 1 is 1.35 bits per heavy atom. The third-order valence-corrected chi connectivity index (χ3v) is 3.58. The molecule has 1 aromatic carbocycles. The second-order valence-corrected chi connectivity index (χ2v) is 4.86. The fourth-order valence-electron chi connectivity index (χ4n) is 2.26. The monoisotopic (exact) mass is 247 g/mol. The predicted molar refractivity (Wildman–Crippen MR) is 71.3 cm³/mol. The summed E-state index contributed by atoms with van der Waals surface area (Å²) in [5.74, 6) is 0.942. The van der Waals surface area contributed by atoms with E-state index < -0.39 is 0 Å². The smallest absolute Gasteiger partial charge is 0.153 e. The van der Waals surface area contributed by atoms with Crippen molar-refractivity contribution in [3.8, 4) is 0 Å². The number of fused-ring (bicyclic) bond motifs is 1. The van der Waals surface area contributed by atoms with Crippen LogP contribution in [-0.2, 0) is 0 Å². The molecule has 0 spiro atoms. The molecule has 0 unspecified atom stereocenters. The van der Waals surface area contributed by atoms with E-state index in [9.17, 15) is 0 Å². The fraction of sp³-hybridized carbons (Fsp3) is 0.286. The number of furan rings is 1. The molecule has 0 radical (unpaired) electrons. The van der Waals surface area contributed by atoms with Gasteiger partial charge in [0.2, 0.25) is 0 Å². The first-order valence-corrected chi connectivity index (χ1v) is 6.21. The van der Waals surface area contributed by atoms with Crippen molar-refractivity contribution in [2.45, 2.75) is 13.3 Å². The van der Waals surface area contributed by atoms with E-state index >= 15 is 0 Å². The molecule has 0 aliphatic carbocycles. The van der Waals surface area contributed by atoms with Crippen LogP contribution < -0.4 is 5.32 Å². The van der Waals surface area contributed by atoms with Gasteiger partial charge in [0.1, 0.15) is 5.76 Å². The van der Waals surface area contributed by atoms with Crippen LogP contribution in [0.3, 0.4) is 0 Å². The molecule has 3 heteroatoms. The Hall–Kier alpha value is -1.25. The van der Waals surface area contributed by atoms with E-state index in [1.807, 2.05) is 18.2 Å². The van der Waals surface area contributed by atoms with Gasteiger partial charge in [0.05, 0.1) is 5.02 Å². The molecule has 0 saturated heterocycles. The minimum absolute atomic E-state index is 0.677. The van der Waals surface area contributed by atoms with Gasteiger partial charge in [-0.1, -0.05) is 29.3 Å². The second-order valence-electron chi connectivity index (χ2n) is 4.45. The zero-order valence-electron chi connectivity index (χ0n) is 9.72. The van der Waals surface area contributed by atoms with Gasteiger partial charge in [-0.2, -0.15) is 0 Å². The molecule has 0 atom stereocenters. The normalized spacial score (nSPS) is 16.8. The first-order valence-electron chi connectivity index (χ1n) is 5.83. The molecule has 1 aromatic heterocycles. The average molecular weight is 248 g/mol. The topological polar surface area (TPSA) is 25.2 Å². The van der Waals surface area contributed by atoms with Crippen LogP contribution >= 0.6 is 11.6 Å². The minimum atomic E-state index is 0.677. The van der Waals surface area contributed by atoms with E-state index in [2.05, 4.69) is 18.3 Å². The molecule has 1 aliphatic heterocycles. The number of halogens is 1. The lowest BCUT2D eigenvalue weighted by Gasteiger charge is -2.16. The van der Waals surface area contributed by atoms with E-state index in [4.69, 9.17) is 16.0 Å². The first kappa shape index (κ1) is 10.9. The summed E-state index contributed by atoms with van der Waals surface area (Å²) in [4.78, 5) is 0. The highest BCUT2D eigenvalue weighted by molar-refractivity contribution is 6.34. The van der Waals surface area contributed by atoms with Gasteiger partial charge in [-0.15, -0.1) is 0 Å². The maximum Gasteiger partial charge on any atom is 0.153 e. The molecule has 0 saturated carbocycles. The van der Waals surface area contributed by atoms with Gasteiger partial charge in [-0.05, 0) is 32.0 Å². The van der Waals surface area contributed by atoms with Gasteiger partial charge >= 0.3 is 0 Å². The molecule has 1 aliphatic rings. The van der Waals surface area contributed by atoms with Crippen LogP contribution in [0.2, 0.25) is 5.02 Å². The largest absolute Gasteiger partial charge is 0.455 e. The van der Waals surface area contributed by atoms with Gasteiger partial charge in [-0.25, -0.2) is 0 Å². The SMILES string of the molecule is CC1=C(c2cc3cccc(Cl)c3o2)CNCC1. The molecule has 3 rings (SSSR count). The van der Waals surface area contributed by atoms with E-state index in [1.54, 1.807) is 0 Å². The number of hydrogen-bond acceptors (Lipinski definition) is 2. The van der Waals surface area contributed by atoms with Crippen molar-refractivity contribution < 1.29 is 4.42 Å². The van der Waals surface area contributed by atoms with Crippen molar-refractivity contribution in [1.82, 2.24) is 5.32 Å². The summed E-state index contributed by atoms with van der Waals surface area (Å²) in [6, 6.07) is 7.91. The third kappa shape index (κ3) is 1.88. The molecule has 2 heterocycles. The van der Waals surface area contributed by atoms with Crippen LogP contribution in [0.25, 0.3) is 16.5 Å². The Bertz CT molecular complexity index is 597. The van der Waals surface area contributed by atoms with Gasteiger partial charge in [0, 0.05) is 17.5 Å². The van der Waals surface area contributed by atoms with Crippen LogP contribution in [0.5, 0.6) is 0 Å². The number of rotatable bonds is 1. The minimum Gasteiger partial charge on any atom is -0.455 e. The highest BCUT2D eigenvalue weighted by Crippen LogP contribution is 2.31. The van der Waals surface area contributed by atoms with Gasteiger partial charge in [-0.3, -0.25) is 0 Å². The van der Waals surface area contributed by atoms with Crippen molar-refractivity contribution in [2.24, 2.45) is 0 Å². The lowest BCUT2D eigenvalue weighted by Crippen LogP contribution is -2.23. The van der Waals surface area contributed by atoms with Crippen LogP contribution in [0.15, 0.2) is 34.3 Å². The van der Waals surface area contributed by atoms with E-state index in [0.717, 1.165) is 36.2 Å². The summed E-state index contributed by atoms with van der Waals surface area (Å²) in [6.45, 7) is 4.10. The second kappa shape index (κ2) is 4.21. The molecule has 0 amide bonds. The molecule has 2 aromatic rings. The first-order chi connectivity index (χ1) is 8.25. The number of para-hydroxylation sites is 1. The number of benzene rings is 1. The standard InChI is InChI=1S/C14H14ClNO/c1-9-5-6-16-8-11(9)13-7-10-3-2-4-12(15)14(10)17-13/h2-4,7,16H,5-6,8H2,1H3. The summed E-state index contributed by atoms with van der Waals surface area (Å²) in [7, 11) is 0. The van der Waals surface area contributed by atoms with Crippen molar-refractivity contribution in [3.63, 3.8) is 0 Å². The Kier molecular flexibility index (Phi) is 2.69. The van der Waals surface area contributed by atoms with E-state index in [0.29, 0.717) is 5.02 Å².